The van der Waals surface area contributed by atoms with E-state index in [0.29, 0.717) is 29.8 Å². The highest BCUT2D eigenvalue weighted by atomic mass is 127. The van der Waals surface area contributed by atoms with Gasteiger partial charge in [-0.15, -0.1) is 0 Å². The second-order valence-electron chi connectivity index (χ2n) is 7.31. The lowest BCUT2D eigenvalue weighted by molar-refractivity contribution is -0.137. The number of fused-ring (bicyclic) bond motifs is 1. The first-order valence-electron chi connectivity index (χ1n) is 9.71. The van der Waals surface area contributed by atoms with Crippen molar-refractivity contribution in [1.82, 2.24) is 4.57 Å². The number of methoxy groups -OCH3 is 1. The number of alkyl halides is 3. The van der Waals surface area contributed by atoms with E-state index < -0.39 is 17.6 Å². The lowest BCUT2D eigenvalue weighted by Crippen LogP contribution is -2.17. The highest BCUT2D eigenvalue weighted by Crippen LogP contribution is 2.45. The van der Waals surface area contributed by atoms with Crippen LogP contribution in [0, 0.1) is 9.39 Å². The third kappa shape index (κ3) is 4.40. The molecule has 4 nitrogen and oxygen atoms in total. The number of hydrogen-bond donors (Lipinski definition) is 0. The third-order valence-electron chi connectivity index (χ3n) is 5.36. The lowest BCUT2D eigenvalue weighted by atomic mass is 9.96. The van der Waals surface area contributed by atoms with Crippen molar-refractivity contribution in [2.24, 2.45) is 0 Å². The van der Waals surface area contributed by atoms with Gasteiger partial charge in [-0.05, 0) is 71.8 Å². The minimum absolute atomic E-state index is 0.0858. The summed E-state index contributed by atoms with van der Waals surface area (Å²) < 4.78 is 73.3. The van der Waals surface area contributed by atoms with Crippen LogP contribution in [0.2, 0.25) is 0 Å². The predicted molar refractivity (Wildman–Crippen MR) is 116 cm³/mol. The van der Waals surface area contributed by atoms with Crippen molar-refractivity contribution < 1.29 is 31.8 Å². The molecular formula is C22H20F4INO3. The summed E-state index contributed by atoms with van der Waals surface area (Å²) >= 11 is 2.17. The summed E-state index contributed by atoms with van der Waals surface area (Å²) in [5.41, 5.74) is 1.01. The fourth-order valence-corrected chi connectivity index (χ4v) is 5.18. The molecule has 0 saturated carbocycles. The van der Waals surface area contributed by atoms with Crippen LogP contribution >= 0.6 is 22.6 Å². The Bertz CT molecular complexity index is 1070. The second-order valence-corrected chi connectivity index (χ2v) is 8.39. The molecule has 4 rings (SSSR count). The van der Waals surface area contributed by atoms with Gasteiger partial charge in [0.1, 0.15) is 11.6 Å². The first kappa shape index (κ1) is 22.3. The van der Waals surface area contributed by atoms with Crippen molar-refractivity contribution in [2.75, 3.05) is 27.1 Å². The zero-order chi connectivity index (χ0) is 22.2. The van der Waals surface area contributed by atoms with Crippen molar-refractivity contribution in [3.05, 3.63) is 57.0 Å². The Balaban J connectivity index is 2.05. The van der Waals surface area contributed by atoms with Gasteiger partial charge in [-0.1, -0.05) is 0 Å². The van der Waals surface area contributed by atoms with E-state index in [2.05, 4.69) is 22.6 Å². The maximum Gasteiger partial charge on any atom is 0.416 e. The van der Waals surface area contributed by atoms with Gasteiger partial charge in [0.15, 0.2) is 6.79 Å². The zero-order valence-corrected chi connectivity index (χ0v) is 18.8. The quantitative estimate of drug-likeness (QED) is 0.214. The Morgan fingerprint density at radius 1 is 1.13 bits per heavy atom. The van der Waals surface area contributed by atoms with Crippen LogP contribution in [-0.2, 0) is 15.7 Å². The van der Waals surface area contributed by atoms with E-state index in [9.17, 15) is 17.6 Å². The van der Waals surface area contributed by atoms with Gasteiger partial charge in [0.05, 0.1) is 16.5 Å². The third-order valence-corrected chi connectivity index (χ3v) is 6.45. The van der Waals surface area contributed by atoms with Gasteiger partial charge in [-0.2, -0.15) is 13.2 Å². The number of aromatic nitrogens is 1. The second kappa shape index (κ2) is 8.95. The number of rotatable bonds is 5. The van der Waals surface area contributed by atoms with Crippen molar-refractivity contribution in [2.45, 2.75) is 24.9 Å². The van der Waals surface area contributed by atoms with Crippen LogP contribution < -0.4 is 4.74 Å². The largest absolute Gasteiger partial charge is 0.467 e. The fraction of sp³-hybridized carbons (Fsp3) is 0.364. The van der Waals surface area contributed by atoms with Crippen molar-refractivity contribution in [3.63, 3.8) is 0 Å². The predicted octanol–water partition coefficient (Wildman–Crippen LogP) is 6.27. The number of benzene rings is 2. The van der Waals surface area contributed by atoms with Crippen LogP contribution in [0.15, 0.2) is 36.4 Å². The monoisotopic (exact) mass is 549 g/mol. The highest BCUT2D eigenvalue weighted by molar-refractivity contribution is 14.1. The van der Waals surface area contributed by atoms with Gasteiger partial charge in [0, 0.05) is 41.2 Å². The van der Waals surface area contributed by atoms with E-state index in [1.54, 1.807) is 16.7 Å². The van der Waals surface area contributed by atoms with Crippen molar-refractivity contribution in [3.8, 4) is 11.4 Å². The fourth-order valence-electron chi connectivity index (χ4n) is 3.95. The van der Waals surface area contributed by atoms with E-state index in [1.807, 2.05) is 0 Å². The van der Waals surface area contributed by atoms with E-state index >= 15 is 0 Å². The lowest BCUT2D eigenvalue weighted by Gasteiger charge is -2.24. The van der Waals surface area contributed by atoms with Gasteiger partial charge in [0.2, 0.25) is 0 Å². The molecule has 9 heteroatoms. The average Bonchev–Trinajstić information content (AvgIpc) is 3.05. The molecule has 1 aliphatic heterocycles. The SMILES string of the molecule is COCOc1cc(C(F)(F)F)cc2c1c(I)c(C1CCOCC1)n2-c1ccc(F)cc1. The first-order chi connectivity index (χ1) is 14.8. The molecule has 0 amide bonds. The molecule has 0 spiro atoms. The zero-order valence-electron chi connectivity index (χ0n) is 16.6. The Morgan fingerprint density at radius 2 is 1.81 bits per heavy atom. The first-order valence-corrected chi connectivity index (χ1v) is 10.8. The molecule has 1 fully saturated rings. The highest BCUT2D eigenvalue weighted by Gasteiger charge is 2.34. The van der Waals surface area contributed by atoms with Crippen LogP contribution in [0.4, 0.5) is 17.6 Å². The minimum atomic E-state index is -4.55. The van der Waals surface area contributed by atoms with Gasteiger partial charge in [-0.25, -0.2) is 4.39 Å². The molecule has 2 heterocycles. The van der Waals surface area contributed by atoms with Crippen molar-refractivity contribution in [1.29, 1.82) is 0 Å². The standard InChI is InChI=1S/C22H20F4INO3/c1-29-12-31-18-11-14(22(24,25)26)10-17-19(18)20(27)21(13-6-8-30-9-7-13)28(17)16-4-2-15(23)3-5-16/h2-5,10-11,13H,6-9,12H2,1H3. The molecule has 0 N–H and O–H groups in total. The van der Waals surface area contributed by atoms with E-state index in [-0.39, 0.29) is 18.5 Å². The molecule has 166 valence electrons. The van der Waals surface area contributed by atoms with E-state index in [1.165, 1.54) is 19.2 Å². The molecule has 1 aromatic heterocycles. The maximum atomic E-state index is 13.7. The van der Waals surface area contributed by atoms with Crippen LogP contribution in [0.25, 0.3) is 16.6 Å². The average molecular weight is 549 g/mol. The Hall–Kier alpha value is -1.85. The summed E-state index contributed by atoms with van der Waals surface area (Å²) in [6, 6.07) is 7.89. The van der Waals surface area contributed by atoms with Gasteiger partial charge >= 0.3 is 6.18 Å². The number of nitrogens with zero attached hydrogens (tertiary/aromatic N) is 1. The number of halogens is 5. The Kier molecular flexibility index (Phi) is 6.45. The number of ether oxygens (including phenoxy) is 3. The molecule has 1 aliphatic rings. The summed E-state index contributed by atoms with van der Waals surface area (Å²) in [6.45, 7) is 0.972. The molecule has 3 aromatic rings. The molecule has 0 radical (unpaired) electrons. The smallest absolute Gasteiger partial charge is 0.416 e. The summed E-state index contributed by atoms with van der Waals surface area (Å²) in [7, 11) is 1.41. The summed E-state index contributed by atoms with van der Waals surface area (Å²) in [6.07, 6.45) is -3.07. The Labute approximate surface area is 190 Å². The van der Waals surface area contributed by atoms with E-state index in [4.69, 9.17) is 14.2 Å². The molecule has 2 aromatic carbocycles. The summed E-state index contributed by atoms with van der Waals surface area (Å²) in [5.74, 6) is -0.226. The topological polar surface area (TPSA) is 32.6 Å². The van der Waals surface area contributed by atoms with Gasteiger partial charge < -0.3 is 18.8 Å². The Morgan fingerprint density at radius 3 is 2.42 bits per heavy atom. The molecule has 0 unspecified atom stereocenters. The molecular weight excluding hydrogens is 529 g/mol. The van der Waals surface area contributed by atoms with Crippen LogP contribution in [0.5, 0.6) is 5.75 Å². The molecule has 1 saturated heterocycles. The van der Waals surface area contributed by atoms with Gasteiger partial charge in [0.25, 0.3) is 0 Å². The minimum Gasteiger partial charge on any atom is -0.467 e. The van der Waals surface area contributed by atoms with Gasteiger partial charge in [-0.3, -0.25) is 0 Å². The molecule has 0 atom stereocenters. The maximum absolute atomic E-state index is 13.7. The summed E-state index contributed by atoms with van der Waals surface area (Å²) in [5, 5.41) is 0.580. The molecule has 0 aliphatic carbocycles. The molecule has 31 heavy (non-hydrogen) atoms. The van der Waals surface area contributed by atoms with Crippen molar-refractivity contribution >= 4 is 33.5 Å². The summed E-state index contributed by atoms with van der Waals surface area (Å²) in [4.78, 5) is 0. The van der Waals surface area contributed by atoms with Crippen LogP contribution in [-0.4, -0.2) is 31.7 Å². The van der Waals surface area contributed by atoms with Crippen LogP contribution in [0.3, 0.4) is 0 Å². The number of hydrogen-bond acceptors (Lipinski definition) is 3. The van der Waals surface area contributed by atoms with E-state index in [0.717, 1.165) is 34.2 Å². The molecule has 0 bridgehead atoms. The normalized spacial score (nSPS) is 15.5. The van der Waals surface area contributed by atoms with Crippen LogP contribution in [0.1, 0.15) is 30.0 Å².